The Hall–Kier alpha value is -1.40. The van der Waals surface area contributed by atoms with Gasteiger partial charge >= 0.3 is 0 Å². The van der Waals surface area contributed by atoms with Crippen LogP contribution in [0.4, 0.5) is 0 Å². The third-order valence-corrected chi connectivity index (χ3v) is 3.11. The van der Waals surface area contributed by atoms with E-state index in [2.05, 4.69) is 5.10 Å². The van der Waals surface area contributed by atoms with Crippen LogP contribution in [0, 0.1) is 0 Å². The topological polar surface area (TPSA) is 56.6 Å². The highest BCUT2D eigenvalue weighted by Crippen LogP contribution is 2.27. The van der Waals surface area contributed by atoms with E-state index in [0.717, 1.165) is 11.3 Å². The molecule has 2 rings (SSSR count). The molecule has 1 unspecified atom stereocenters. The first-order chi connectivity index (χ1) is 8.65. The SMILES string of the molecule is COCC(=O)N1Cc2cn(C)nc2C(COC)C1. The Bertz CT molecular complexity index is 430. The van der Waals surface area contributed by atoms with E-state index in [1.54, 1.807) is 16.7 Å². The molecule has 1 atom stereocenters. The van der Waals surface area contributed by atoms with E-state index in [1.807, 2.05) is 13.2 Å². The molecule has 1 amide bonds. The van der Waals surface area contributed by atoms with E-state index in [-0.39, 0.29) is 18.4 Å². The van der Waals surface area contributed by atoms with Crippen LogP contribution in [0.1, 0.15) is 17.2 Å². The molecule has 0 bridgehead atoms. The molecule has 6 heteroatoms. The normalized spacial score (nSPS) is 18.8. The molecule has 0 spiro atoms. The van der Waals surface area contributed by atoms with Gasteiger partial charge < -0.3 is 14.4 Å². The minimum atomic E-state index is 0.00751. The van der Waals surface area contributed by atoms with Crippen LogP contribution in [0.3, 0.4) is 0 Å². The maximum absolute atomic E-state index is 11.9. The minimum Gasteiger partial charge on any atom is -0.384 e. The van der Waals surface area contributed by atoms with Crippen LogP contribution in [-0.4, -0.2) is 54.6 Å². The molecule has 0 aliphatic carbocycles. The molecule has 0 saturated carbocycles. The summed E-state index contributed by atoms with van der Waals surface area (Å²) in [5.41, 5.74) is 2.14. The fourth-order valence-electron chi connectivity index (χ4n) is 2.38. The average Bonchev–Trinajstić information content (AvgIpc) is 2.70. The van der Waals surface area contributed by atoms with Gasteiger partial charge in [0.1, 0.15) is 6.61 Å². The summed E-state index contributed by atoms with van der Waals surface area (Å²) in [5.74, 6) is 0.147. The molecule has 0 radical (unpaired) electrons. The number of rotatable bonds is 4. The van der Waals surface area contributed by atoms with Gasteiger partial charge in [-0.3, -0.25) is 9.48 Å². The number of hydrogen-bond donors (Lipinski definition) is 0. The van der Waals surface area contributed by atoms with Crippen molar-refractivity contribution >= 4 is 5.91 Å². The van der Waals surface area contributed by atoms with Crippen molar-refractivity contribution in [2.75, 3.05) is 34.0 Å². The fraction of sp³-hybridized carbons (Fsp3) is 0.667. The number of aromatic nitrogens is 2. The molecule has 0 fully saturated rings. The summed E-state index contributed by atoms with van der Waals surface area (Å²) >= 11 is 0. The lowest BCUT2D eigenvalue weighted by Crippen LogP contribution is -2.40. The van der Waals surface area contributed by atoms with Crippen molar-refractivity contribution in [2.45, 2.75) is 12.5 Å². The van der Waals surface area contributed by atoms with Gasteiger partial charge in [0.25, 0.3) is 0 Å². The summed E-state index contributed by atoms with van der Waals surface area (Å²) < 4.78 is 11.9. The molecule has 18 heavy (non-hydrogen) atoms. The van der Waals surface area contributed by atoms with Gasteiger partial charge in [-0.25, -0.2) is 0 Å². The predicted molar refractivity (Wildman–Crippen MR) is 65.1 cm³/mol. The Morgan fingerprint density at radius 1 is 1.50 bits per heavy atom. The van der Waals surface area contributed by atoms with Gasteiger partial charge in [-0.05, 0) is 0 Å². The zero-order valence-electron chi connectivity index (χ0n) is 11.0. The van der Waals surface area contributed by atoms with E-state index < -0.39 is 0 Å². The summed E-state index contributed by atoms with van der Waals surface area (Å²) in [6, 6.07) is 0. The number of methoxy groups -OCH3 is 2. The zero-order chi connectivity index (χ0) is 13.1. The number of amides is 1. The van der Waals surface area contributed by atoms with Crippen LogP contribution in [0.2, 0.25) is 0 Å². The number of hydrogen-bond acceptors (Lipinski definition) is 4. The first-order valence-electron chi connectivity index (χ1n) is 5.93. The number of nitrogens with zero attached hydrogens (tertiary/aromatic N) is 3. The summed E-state index contributed by atoms with van der Waals surface area (Å²) in [6.07, 6.45) is 1.96. The zero-order valence-corrected chi connectivity index (χ0v) is 11.0. The third kappa shape index (κ3) is 2.54. The van der Waals surface area contributed by atoms with Gasteiger partial charge in [0.2, 0.25) is 5.91 Å². The second-order valence-electron chi connectivity index (χ2n) is 4.57. The Morgan fingerprint density at radius 3 is 2.94 bits per heavy atom. The number of aryl methyl sites for hydroxylation is 1. The summed E-state index contributed by atoms with van der Waals surface area (Å²) in [5, 5.41) is 4.46. The smallest absolute Gasteiger partial charge is 0.248 e. The molecule has 1 aliphatic rings. The van der Waals surface area contributed by atoms with Crippen molar-refractivity contribution in [3.63, 3.8) is 0 Å². The van der Waals surface area contributed by atoms with Crippen LogP contribution in [0.25, 0.3) is 0 Å². The van der Waals surface area contributed by atoms with Crippen molar-refractivity contribution < 1.29 is 14.3 Å². The molecule has 1 aromatic heterocycles. The molecule has 100 valence electrons. The van der Waals surface area contributed by atoms with Crippen LogP contribution >= 0.6 is 0 Å². The largest absolute Gasteiger partial charge is 0.384 e. The summed E-state index contributed by atoms with van der Waals surface area (Å²) in [6.45, 7) is 1.93. The van der Waals surface area contributed by atoms with Crippen molar-refractivity contribution in [2.24, 2.45) is 7.05 Å². The van der Waals surface area contributed by atoms with Crippen molar-refractivity contribution in [3.05, 3.63) is 17.5 Å². The first kappa shape index (κ1) is 13.0. The minimum absolute atomic E-state index is 0.00751. The fourth-order valence-corrected chi connectivity index (χ4v) is 2.38. The lowest BCUT2D eigenvalue weighted by Gasteiger charge is -2.31. The monoisotopic (exact) mass is 253 g/mol. The van der Waals surface area contributed by atoms with E-state index in [1.165, 1.54) is 7.11 Å². The standard InChI is InChI=1S/C12H19N3O3/c1-14-4-9-5-15(11(16)8-18-3)6-10(7-17-2)12(9)13-14/h4,10H,5-8H2,1-3H3. The highest BCUT2D eigenvalue weighted by Gasteiger charge is 2.30. The van der Waals surface area contributed by atoms with Crippen molar-refractivity contribution in [3.8, 4) is 0 Å². The van der Waals surface area contributed by atoms with Gasteiger partial charge in [-0.1, -0.05) is 0 Å². The molecule has 2 heterocycles. The second-order valence-corrected chi connectivity index (χ2v) is 4.57. The summed E-state index contributed by atoms with van der Waals surface area (Å²) in [7, 11) is 5.09. The Morgan fingerprint density at radius 2 is 2.28 bits per heavy atom. The van der Waals surface area contributed by atoms with Gasteiger partial charge in [0, 0.05) is 52.0 Å². The van der Waals surface area contributed by atoms with Gasteiger partial charge in [-0.2, -0.15) is 5.10 Å². The molecule has 1 aromatic rings. The molecule has 0 N–H and O–H groups in total. The molecule has 0 aromatic carbocycles. The number of fused-ring (bicyclic) bond motifs is 1. The highest BCUT2D eigenvalue weighted by atomic mass is 16.5. The molecule has 6 nitrogen and oxygen atoms in total. The van der Waals surface area contributed by atoms with E-state index >= 15 is 0 Å². The van der Waals surface area contributed by atoms with Crippen LogP contribution in [0.15, 0.2) is 6.20 Å². The van der Waals surface area contributed by atoms with Crippen molar-refractivity contribution in [1.82, 2.24) is 14.7 Å². The van der Waals surface area contributed by atoms with Crippen LogP contribution in [-0.2, 0) is 27.9 Å². The van der Waals surface area contributed by atoms with Gasteiger partial charge in [-0.15, -0.1) is 0 Å². The van der Waals surface area contributed by atoms with E-state index in [0.29, 0.717) is 19.7 Å². The number of carbonyl (C=O) groups is 1. The Kier molecular flexibility index (Phi) is 3.98. The number of ether oxygens (including phenoxy) is 2. The molecule has 0 saturated heterocycles. The van der Waals surface area contributed by atoms with Crippen molar-refractivity contribution in [1.29, 1.82) is 0 Å². The average molecular weight is 253 g/mol. The lowest BCUT2D eigenvalue weighted by atomic mass is 9.97. The quantitative estimate of drug-likeness (QED) is 0.766. The predicted octanol–water partition coefficient (Wildman–Crippen LogP) is 0.139. The summed E-state index contributed by atoms with van der Waals surface area (Å²) in [4.78, 5) is 13.7. The molecular weight excluding hydrogens is 234 g/mol. The number of carbonyl (C=O) groups excluding carboxylic acids is 1. The first-order valence-corrected chi connectivity index (χ1v) is 5.93. The van der Waals surface area contributed by atoms with Gasteiger partial charge in [0.05, 0.1) is 12.3 Å². The third-order valence-electron chi connectivity index (χ3n) is 3.11. The highest BCUT2D eigenvalue weighted by molar-refractivity contribution is 5.77. The lowest BCUT2D eigenvalue weighted by molar-refractivity contribution is -0.136. The van der Waals surface area contributed by atoms with Crippen LogP contribution in [0.5, 0.6) is 0 Å². The van der Waals surface area contributed by atoms with E-state index in [9.17, 15) is 4.79 Å². The maximum atomic E-state index is 11.9. The van der Waals surface area contributed by atoms with Crippen LogP contribution < -0.4 is 0 Å². The Labute approximate surface area is 106 Å². The molecule has 1 aliphatic heterocycles. The van der Waals surface area contributed by atoms with E-state index in [4.69, 9.17) is 9.47 Å². The second kappa shape index (κ2) is 5.49. The Balaban J connectivity index is 2.19. The van der Waals surface area contributed by atoms with Gasteiger partial charge in [0.15, 0.2) is 0 Å². The maximum Gasteiger partial charge on any atom is 0.248 e. The molecular formula is C12H19N3O3.